The number of hydrogen-bond acceptors (Lipinski definition) is 1. The number of hydrogen-bond donors (Lipinski definition) is 1. The zero-order chi connectivity index (χ0) is 10.9. The maximum atomic E-state index is 3.75. The van der Waals surface area contributed by atoms with Crippen LogP contribution in [0.2, 0.25) is 0 Å². The molecule has 0 radical (unpaired) electrons. The van der Waals surface area contributed by atoms with Gasteiger partial charge in [-0.15, -0.1) is 0 Å². The van der Waals surface area contributed by atoms with Crippen molar-refractivity contribution in [1.29, 1.82) is 0 Å². The molecule has 2 rings (SSSR count). The molecule has 1 aromatic rings. The van der Waals surface area contributed by atoms with Crippen LogP contribution >= 0.6 is 0 Å². The van der Waals surface area contributed by atoms with Crippen LogP contribution < -0.4 is 5.32 Å². The lowest BCUT2D eigenvalue weighted by Gasteiger charge is -2.40. The molecule has 1 N–H and O–H groups in total. The summed E-state index contributed by atoms with van der Waals surface area (Å²) in [6.45, 7) is 6.84. The SMILES string of the molecule is Cc1ccccc1C1(C)CCCC(C)N1. The minimum absolute atomic E-state index is 0.184. The van der Waals surface area contributed by atoms with Crippen LogP contribution in [-0.2, 0) is 5.54 Å². The number of rotatable bonds is 1. The average molecular weight is 203 g/mol. The monoisotopic (exact) mass is 203 g/mol. The first-order valence-corrected chi connectivity index (χ1v) is 5.96. The summed E-state index contributed by atoms with van der Waals surface area (Å²) in [6, 6.07) is 9.38. The van der Waals surface area contributed by atoms with E-state index in [-0.39, 0.29) is 5.54 Å². The molecule has 0 aromatic heterocycles. The minimum Gasteiger partial charge on any atom is -0.305 e. The van der Waals surface area contributed by atoms with Crippen LogP contribution in [0.1, 0.15) is 44.2 Å². The Balaban J connectivity index is 2.32. The van der Waals surface area contributed by atoms with Crippen LogP contribution in [0.3, 0.4) is 0 Å². The molecule has 1 heteroatoms. The summed E-state index contributed by atoms with van der Waals surface area (Å²) < 4.78 is 0. The molecule has 0 bridgehead atoms. The van der Waals surface area contributed by atoms with Crippen LogP contribution in [0.4, 0.5) is 0 Å². The van der Waals surface area contributed by atoms with Crippen molar-refractivity contribution in [3.05, 3.63) is 35.4 Å². The second-order valence-corrected chi connectivity index (χ2v) is 5.08. The summed E-state index contributed by atoms with van der Waals surface area (Å²) >= 11 is 0. The van der Waals surface area contributed by atoms with Crippen LogP contribution in [0, 0.1) is 6.92 Å². The molecule has 1 aliphatic heterocycles. The van der Waals surface area contributed by atoms with E-state index in [0.717, 1.165) is 0 Å². The molecule has 1 saturated heterocycles. The second-order valence-electron chi connectivity index (χ2n) is 5.08. The smallest absolute Gasteiger partial charge is 0.0410 e. The summed E-state index contributed by atoms with van der Waals surface area (Å²) in [5.74, 6) is 0. The van der Waals surface area contributed by atoms with Crippen molar-refractivity contribution in [1.82, 2.24) is 5.32 Å². The summed E-state index contributed by atoms with van der Waals surface area (Å²) in [6.07, 6.45) is 3.89. The fourth-order valence-corrected chi connectivity index (χ4v) is 2.85. The molecular formula is C14H21N. The lowest BCUT2D eigenvalue weighted by Crippen LogP contribution is -2.48. The van der Waals surface area contributed by atoms with Gasteiger partial charge in [-0.3, -0.25) is 0 Å². The third kappa shape index (κ3) is 2.07. The number of benzene rings is 1. The van der Waals surface area contributed by atoms with Crippen LogP contribution in [-0.4, -0.2) is 6.04 Å². The molecule has 2 unspecified atom stereocenters. The highest BCUT2D eigenvalue weighted by Gasteiger charge is 2.31. The van der Waals surface area contributed by atoms with Gasteiger partial charge in [0.05, 0.1) is 0 Å². The Kier molecular flexibility index (Phi) is 2.83. The summed E-state index contributed by atoms with van der Waals surface area (Å²) in [7, 11) is 0. The first-order valence-electron chi connectivity index (χ1n) is 5.96. The van der Waals surface area contributed by atoms with Crippen molar-refractivity contribution in [2.45, 2.75) is 51.6 Å². The van der Waals surface area contributed by atoms with E-state index < -0.39 is 0 Å². The maximum absolute atomic E-state index is 3.75. The third-order valence-electron chi connectivity index (χ3n) is 3.62. The van der Waals surface area contributed by atoms with Crippen molar-refractivity contribution in [2.24, 2.45) is 0 Å². The molecule has 0 aliphatic carbocycles. The number of piperidine rings is 1. The van der Waals surface area contributed by atoms with Gasteiger partial charge in [-0.2, -0.15) is 0 Å². The summed E-state index contributed by atoms with van der Waals surface area (Å²) in [4.78, 5) is 0. The number of aryl methyl sites for hydroxylation is 1. The van der Waals surface area contributed by atoms with Gasteiger partial charge in [0.2, 0.25) is 0 Å². The topological polar surface area (TPSA) is 12.0 Å². The lowest BCUT2D eigenvalue weighted by atomic mass is 9.80. The Bertz CT molecular complexity index is 345. The molecule has 1 heterocycles. The van der Waals surface area contributed by atoms with E-state index in [9.17, 15) is 0 Å². The Hall–Kier alpha value is -0.820. The van der Waals surface area contributed by atoms with Gasteiger partial charge >= 0.3 is 0 Å². The van der Waals surface area contributed by atoms with Gasteiger partial charge in [0.1, 0.15) is 0 Å². The highest BCUT2D eigenvalue weighted by atomic mass is 15.0. The zero-order valence-electron chi connectivity index (χ0n) is 10.0. The fraction of sp³-hybridized carbons (Fsp3) is 0.571. The Morgan fingerprint density at radius 3 is 2.73 bits per heavy atom. The van der Waals surface area contributed by atoms with E-state index in [4.69, 9.17) is 0 Å². The van der Waals surface area contributed by atoms with Gasteiger partial charge < -0.3 is 5.32 Å². The van der Waals surface area contributed by atoms with Gasteiger partial charge in [0, 0.05) is 11.6 Å². The van der Waals surface area contributed by atoms with E-state index in [0.29, 0.717) is 6.04 Å². The Labute approximate surface area is 92.9 Å². The molecule has 2 atom stereocenters. The van der Waals surface area contributed by atoms with Crippen molar-refractivity contribution in [3.8, 4) is 0 Å². The van der Waals surface area contributed by atoms with Gasteiger partial charge in [-0.1, -0.05) is 24.3 Å². The Morgan fingerprint density at radius 1 is 1.33 bits per heavy atom. The van der Waals surface area contributed by atoms with E-state index in [2.05, 4.69) is 50.4 Å². The molecule has 1 fully saturated rings. The molecule has 0 saturated carbocycles. The highest BCUT2D eigenvalue weighted by molar-refractivity contribution is 5.32. The predicted molar refractivity (Wildman–Crippen MR) is 65.0 cm³/mol. The van der Waals surface area contributed by atoms with Gasteiger partial charge in [0.25, 0.3) is 0 Å². The molecule has 0 amide bonds. The standard InChI is InChI=1S/C14H21N/c1-11-7-4-5-9-13(11)14(3)10-6-8-12(2)15-14/h4-5,7,9,12,15H,6,8,10H2,1-3H3. The first kappa shape index (κ1) is 10.7. The van der Waals surface area contributed by atoms with Crippen LogP contribution in [0.5, 0.6) is 0 Å². The van der Waals surface area contributed by atoms with E-state index in [1.807, 2.05) is 0 Å². The zero-order valence-corrected chi connectivity index (χ0v) is 10.0. The van der Waals surface area contributed by atoms with E-state index >= 15 is 0 Å². The fourth-order valence-electron chi connectivity index (χ4n) is 2.85. The van der Waals surface area contributed by atoms with Gasteiger partial charge in [0.15, 0.2) is 0 Å². The molecule has 0 spiro atoms. The lowest BCUT2D eigenvalue weighted by molar-refractivity contribution is 0.235. The van der Waals surface area contributed by atoms with Crippen molar-refractivity contribution in [3.63, 3.8) is 0 Å². The molecule has 15 heavy (non-hydrogen) atoms. The van der Waals surface area contributed by atoms with Crippen molar-refractivity contribution >= 4 is 0 Å². The average Bonchev–Trinajstić information content (AvgIpc) is 2.17. The quantitative estimate of drug-likeness (QED) is 0.738. The van der Waals surface area contributed by atoms with Crippen molar-refractivity contribution in [2.75, 3.05) is 0 Å². The third-order valence-corrected chi connectivity index (χ3v) is 3.62. The number of nitrogens with one attached hydrogen (secondary N) is 1. The maximum Gasteiger partial charge on any atom is 0.0410 e. The van der Waals surface area contributed by atoms with E-state index in [1.54, 1.807) is 0 Å². The second kappa shape index (κ2) is 3.97. The normalized spacial score (nSPS) is 31.5. The van der Waals surface area contributed by atoms with Gasteiger partial charge in [-0.25, -0.2) is 0 Å². The Morgan fingerprint density at radius 2 is 2.07 bits per heavy atom. The van der Waals surface area contributed by atoms with Crippen LogP contribution in [0.15, 0.2) is 24.3 Å². The van der Waals surface area contributed by atoms with Crippen molar-refractivity contribution < 1.29 is 0 Å². The minimum atomic E-state index is 0.184. The van der Waals surface area contributed by atoms with Gasteiger partial charge in [-0.05, 0) is 51.2 Å². The molecule has 1 nitrogen and oxygen atoms in total. The molecule has 82 valence electrons. The van der Waals surface area contributed by atoms with Crippen LogP contribution in [0.25, 0.3) is 0 Å². The first-order chi connectivity index (χ1) is 7.12. The molecule has 1 aromatic carbocycles. The predicted octanol–water partition coefficient (Wildman–Crippen LogP) is 3.37. The van der Waals surface area contributed by atoms with E-state index in [1.165, 1.54) is 30.4 Å². The largest absolute Gasteiger partial charge is 0.305 e. The summed E-state index contributed by atoms with van der Waals surface area (Å²) in [5, 5.41) is 3.75. The molecule has 1 aliphatic rings. The highest BCUT2D eigenvalue weighted by Crippen LogP contribution is 2.33. The molecular weight excluding hydrogens is 182 g/mol. The summed E-state index contributed by atoms with van der Waals surface area (Å²) in [5.41, 5.74) is 3.06.